The molecule has 2 atom stereocenters. The molecule has 2 aliphatic heterocycles. The van der Waals surface area contributed by atoms with Crippen LogP contribution in [-0.2, 0) is 14.6 Å². The average Bonchev–Trinajstić information content (AvgIpc) is 2.67. The highest BCUT2D eigenvalue weighted by Crippen LogP contribution is 2.17. The van der Waals surface area contributed by atoms with Crippen molar-refractivity contribution >= 4 is 15.7 Å². The van der Waals surface area contributed by atoms with Crippen molar-refractivity contribution in [3.05, 3.63) is 0 Å². The van der Waals surface area contributed by atoms with Gasteiger partial charge in [0.05, 0.1) is 17.5 Å². The minimum absolute atomic E-state index is 0.0222. The quantitative estimate of drug-likeness (QED) is 0.729. The predicted octanol–water partition coefficient (Wildman–Crippen LogP) is -0.321. The Morgan fingerprint density at radius 1 is 1.29 bits per heavy atom. The molecule has 0 aromatic carbocycles. The van der Waals surface area contributed by atoms with E-state index in [0.29, 0.717) is 13.0 Å². The van der Waals surface area contributed by atoms with Gasteiger partial charge in [-0.1, -0.05) is 6.42 Å². The Hall–Kier alpha value is -0.620. The Morgan fingerprint density at radius 3 is 2.71 bits per heavy atom. The van der Waals surface area contributed by atoms with E-state index in [1.165, 1.54) is 0 Å². The molecule has 0 bridgehead atoms. The third-order valence-corrected chi connectivity index (χ3v) is 5.36. The summed E-state index contributed by atoms with van der Waals surface area (Å²) in [4.78, 5) is 11.8. The molecule has 0 saturated carbocycles. The van der Waals surface area contributed by atoms with E-state index in [1.807, 2.05) is 0 Å². The fraction of sp³-hybridized carbons (Fsp3) is 0.909. The summed E-state index contributed by atoms with van der Waals surface area (Å²) in [5, 5.41) is 6.05. The van der Waals surface area contributed by atoms with Crippen molar-refractivity contribution in [3.8, 4) is 0 Å². The summed E-state index contributed by atoms with van der Waals surface area (Å²) >= 11 is 0. The maximum Gasteiger partial charge on any atom is 0.237 e. The van der Waals surface area contributed by atoms with Crippen molar-refractivity contribution in [2.24, 2.45) is 5.92 Å². The Bertz CT molecular complexity index is 374. The van der Waals surface area contributed by atoms with Gasteiger partial charge in [0, 0.05) is 6.54 Å². The van der Waals surface area contributed by atoms with Crippen molar-refractivity contribution in [2.45, 2.75) is 31.7 Å². The van der Waals surface area contributed by atoms with E-state index in [0.717, 1.165) is 25.8 Å². The van der Waals surface area contributed by atoms with Gasteiger partial charge in [-0.05, 0) is 31.7 Å². The Balaban J connectivity index is 1.73. The minimum Gasteiger partial charge on any atom is -0.354 e. The standard InChI is InChI=1S/C11H20N2O3S/c14-11(10-3-1-2-5-12-10)13-7-9-4-6-17(15,16)8-9/h9-10,12H,1-8H2,(H,13,14)/t9?,10-/m1/s1. The zero-order valence-corrected chi connectivity index (χ0v) is 10.8. The molecule has 0 radical (unpaired) electrons. The minimum atomic E-state index is -2.84. The van der Waals surface area contributed by atoms with E-state index in [1.54, 1.807) is 0 Å². The number of nitrogens with one attached hydrogen (secondary N) is 2. The smallest absolute Gasteiger partial charge is 0.237 e. The first-order chi connectivity index (χ1) is 8.07. The Morgan fingerprint density at radius 2 is 2.12 bits per heavy atom. The van der Waals surface area contributed by atoms with Crippen LogP contribution in [0, 0.1) is 5.92 Å². The topological polar surface area (TPSA) is 75.3 Å². The van der Waals surface area contributed by atoms with Crippen LogP contribution in [0.1, 0.15) is 25.7 Å². The van der Waals surface area contributed by atoms with Gasteiger partial charge < -0.3 is 10.6 Å². The van der Waals surface area contributed by atoms with Crippen molar-refractivity contribution in [1.29, 1.82) is 0 Å². The highest BCUT2D eigenvalue weighted by Gasteiger charge is 2.29. The number of carbonyl (C=O) groups excluding carboxylic acids is 1. The lowest BCUT2D eigenvalue weighted by Gasteiger charge is -2.23. The lowest BCUT2D eigenvalue weighted by Crippen LogP contribution is -2.47. The van der Waals surface area contributed by atoms with E-state index < -0.39 is 9.84 Å². The normalized spacial score (nSPS) is 32.2. The molecule has 5 nitrogen and oxygen atoms in total. The molecule has 0 aromatic heterocycles. The van der Waals surface area contributed by atoms with Crippen LogP contribution in [0.3, 0.4) is 0 Å². The summed E-state index contributed by atoms with van der Waals surface area (Å²) in [6, 6.07) is -0.0817. The lowest BCUT2D eigenvalue weighted by atomic mass is 10.0. The van der Waals surface area contributed by atoms with Gasteiger partial charge in [-0.3, -0.25) is 4.79 Å². The van der Waals surface area contributed by atoms with Gasteiger partial charge in [-0.25, -0.2) is 8.42 Å². The van der Waals surface area contributed by atoms with Gasteiger partial charge in [-0.2, -0.15) is 0 Å². The fourth-order valence-corrected chi connectivity index (χ4v) is 4.34. The molecule has 2 heterocycles. The molecule has 2 saturated heterocycles. The Labute approximate surface area is 102 Å². The van der Waals surface area contributed by atoms with Gasteiger partial charge in [0.15, 0.2) is 9.84 Å². The summed E-state index contributed by atoms with van der Waals surface area (Å²) < 4.78 is 22.5. The van der Waals surface area contributed by atoms with Crippen molar-refractivity contribution in [2.75, 3.05) is 24.6 Å². The van der Waals surface area contributed by atoms with Crippen molar-refractivity contribution in [1.82, 2.24) is 10.6 Å². The van der Waals surface area contributed by atoms with Crippen LogP contribution in [0.25, 0.3) is 0 Å². The van der Waals surface area contributed by atoms with Crippen LogP contribution in [-0.4, -0.2) is 45.0 Å². The number of carbonyl (C=O) groups is 1. The highest BCUT2D eigenvalue weighted by atomic mass is 32.2. The molecule has 17 heavy (non-hydrogen) atoms. The lowest BCUT2D eigenvalue weighted by molar-refractivity contribution is -0.123. The molecule has 2 N–H and O–H groups in total. The number of piperidine rings is 1. The SMILES string of the molecule is O=C(NCC1CCS(=O)(=O)C1)[C@H]1CCCCN1. The zero-order valence-electron chi connectivity index (χ0n) is 9.94. The number of amides is 1. The molecular formula is C11H20N2O3S. The molecule has 2 rings (SSSR count). The van der Waals surface area contributed by atoms with Gasteiger partial charge >= 0.3 is 0 Å². The molecule has 0 aliphatic carbocycles. The van der Waals surface area contributed by atoms with Crippen LogP contribution in [0.4, 0.5) is 0 Å². The predicted molar refractivity (Wildman–Crippen MR) is 65.4 cm³/mol. The molecule has 2 fully saturated rings. The van der Waals surface area contributed by atoms with Crippen LogP contribution in [0.2, 0.25) is 0 Å². The van der Waals surface area contributed by atoms with Crippen molar-refractivity contribution < 1.29 is 13.2 Å². The molecule has 6 heteroatoms. The molecule has 0 spiro atoms. The number of hydrogen-bond acceptors (Lipinski definition) is 4. The number of sulfone groups is 1. The van der Waals surface area contributed by atoms with Crippen LogP contribution < -0.4 is 10.6 Å². The van der Waals surface area contributed by atoms with E-state index in [9.17, 15) is 13.2 Å². The van der Waals surface area contributed by atoms with Crippen LogP contribution in [0.5, 0.6) is 0 Å². The largest absolute Gasteiger partial charge is 0.354 e. The maximum atomic E-state index is 11.8. The summed E-state index contributed by atoms with van der Waals surface area (Å²) in [5.41, 5.74) is 0. The second kappa shape index (κ2) is 5.35. The monoisotopic (exact) mass is 260 g/mol. The summed E-state index contributed by atoms with van der Waals surface area (Å²) in [7, 11) is -2.84. The third kappa shape index (κ3) is 3.67. The van der Waals surface area contributed by atoms with Gasteiger partial charge in [0.1, 0.15) is 0 Å². The number of hydrogen-bond donors (Lipinski definition) is 2. The zero-order chi connectivity index (χ0) is 12.3. The summed E-state index contributed by atoms with van der Waals surface area (Å²) in [6.45, 7) is 1.39. The first-order valence-electron chi connectivity index (χ1n) is 6.28. The second-order valence-corrected chi connectivity index (χ2v) is 7.25. The molecular weight excluding hydrogens is 240 g/mol. The first-order valence-corrected chi connectivity index (χ1v) is 8.10. The van der Waals surface area contributed by atoms with Crippen molar-refractivity contribution in [3.63, 3.8) is 0 Å². The van der Waals surface area contributed by atoms with E-state index in [4.69, 9.17) is 0 Å². The van der Waals surface area contributed by atoms with Gasteiger partial charge in [0.2, 0.25) is 5.91 Å². The third-order valence-electron chi connectivity index (χ3n) is 3.52. The second-order valence-electron chi connectivity index (χ2n) is 5.02. The summed E-state index contributed by atoms with van der Waals surface area (Å²) in [5.74, 6) is 0.627. The highest BCUT2D eigenvalue weighted by molar-refractivity contribution is 7.91. The molecule has 0 aromatic rings. The molecule has 2 aliphatic rings. The molecule has 1 unspecified atom stereocenters. The van der Waals surface area contributed by atoms with Gasteiger partial charge in [-0.15, -0.1) is 0 Å². The fourth-order valence-electron chi connectivity index (χ4n) is 2.48. The van der Waals surface area contributed by atoms with Crippen LogP contribution in [0.15, 0.2) is 0 Å². The average molecular weight is 260 g/mol. The molecule has 1 amide bonds. The van der Waals surface area contributed by atoms with E-state index in [2.05, 4.69) is 10.6 Å². The Kier molecular flexibility index (Phi) is 4.04. The first kappa shape index (κ1) is 12.8. The van der Waals surface area contributed by atoms with E-state index in [-0.39, 0.29) is 29.4 Å². The maximum absolute atomic E-state index is 11.8. The number of rotatable bonds is 3. The summed E-state index contributed by atoms with van der Waals surface area (Å²) in [6.07, 6.45) is 3.78. The van der Waals surface area contributed by atoms with E-state index >= 15 is 0 Å². The van der Waals surface area contributed by atoms with Gasteiger partial charge in [0.25, 0.3) is 0 Å². The molecule has 98 valence electrons. The van der Waals surface area contributed by atoms with Crippen LogP contribution >= 0.6 is 0 Å².